The molecule has 0 aromatic carbocycles. The fourth-order valence-corrected chi connectivity index (χ4v) is 0. The zero-order valence-electron chi connectivity index (χ0n) is 2.40. The van der Waals surface area contributed by atoms with Gasteiger partial charge < -0.3 is 0 Å². The van der Waals surface area contributed by atoms with E-state index in [1.54, 1.807) is 0 Å². The first kappa shape index (κ1) is 5.59. The van der Waals surface area contributed by atoms with Gasteiger partial charge in [-0.3, -0.25) is 0 Å². The van der Waals surface area contributed by atoms with Crippen molar-refractivity contribution in [3.63, 3.8) is 0 Å². The average molecular weight is 206 g/mol. The van der Waals surface area contributed by atoms with Gasteiger partial charge in [-0.15, -0.1) is 8.93 Å². The summed E-state index contributed by atoms with van der Waals surface area (Å²) in [6.45, 7) is 2.18. The molecular weight excluding hydrogens is 201 g/mol. The summed E-state index contributed by atoms with van der Waals surface area (Å²) in [5.74, 6) is 0. The van der Waals surface area contributed by atoms with E-state index in [1.807, 2.05) is 0 Å². The Bertz CT molecular complexity index is 10.8. The van der Waals surface area contributed by atoms with Crippen molar-refractivity contribution in [2.75, 3.05) is 6.66 Å². The molecule has 0 bridgehead atoms. The van der Waals surface area contributed by atoms with Crippen LogP contribution in [0.4, 0.5) is 0 Å². The summed E-state index contributed by atoms with van der Waals surface area (Å²) in [5.41, 5.74) is 0. The van der Waals surface area contributed by atoms with Gasteiger partial charge in [-0.25, -0.2) is 0 Å². The molecule has 0 aromatic rings. The molecule has 0 saturated heterocycles. The van der Waals surface area contributed by atoms with Crippen molar-refractivity contribution < 1.29 is 0 Å². The molecule has 0 rings (SSSR count). The molecule has 2 atom stereocenters. The highest BCUT2D eigenvalue weighted by molar-refractivity contribution is 14.2. The van der Waals surface area contributed by atoms with Gasteiger partial charge in [0.25, 0.3) is 0 Å². The van der Waals surface area contributed by atoms with E-state index >= 15 is 0 Å². The Kier molecular flexibility index (Phi) is 3.92. The lowest BCUT2D eigenvalue weighted by Gasteiger charge is -1.77. The van der Waals surface area contributed by atoms with Crippen LogP contribution in [0.25, 0.3) is 0 Å². The minimum atomic E-state index is 0.266. The van der Waals surface area contributed by atoms with E-state index < -0.39 is 0 Å². The van der Waals surface area contributed by atoms with E-state index in [1.165, 1.54) is 0 Å². The highest BCUT2D eigenvalue weighted by atomic mass is 127. The third kappa shape index (κ3) is 9.53. The molecule has 0 spiro atoms. The van der Waals surface area contributed by atoms with E-state index in [0.29, 0.717) is 0 Å². The second kappa shape index (κ2) is 2.81. The fourth-order valence-electron chi connectivity index (χ4n) is 0. The lowest BCUT2D eigenvalue weighted by molar-refractivity contribution is 2.51. The van der Waals surface area contributed by atoms with Crippen LogP contribution < -0.4 is 0 Å². The van der Waals surface area contributed by atoms with Crippen LogP contribution in [0.2, 0.25) is 0 Å². The van der Waals surface area contributed by atoms with Gasteiger partial charge >= 0.3 is 0 Å². The van der Waals surface area contributed by atoms with Crippen LogP contribution in [0.1, 0.15) is 0 Å². The van der Waals surface area contributed by atoms with Crippen LogP contribution in [0, 0.1) is 0 Å². The van der Waals surface area contributed by atoms with E-state index in [-0.39, 0.29) is 5.25 Å². The molecule has 0 saturated carbocycles. The molecule has 0 aliphatic carbocycles. The number of rotatable bonds is 0. The Labute approximate surface area is 43.1 Å². The molecule has 0 aliphatic rings. The molecule has 3 heteroatoms. The van der Waals surface area contributed by atoms with Crippen molar-refractivity contribution in [3.05, 3.63) is 0 Å². The first-order chi connectivity index (χ1) is 1.73. The summed E-state index contributed by atoms with van der Waals surface area (Å²) in [7, 11) is 2.71. The summed E-state index contributed by atoms with van der Waals surface area (Å²) in [6, 6.07) is 0. The first-order valence-corrected chi connectivity index (χ1v) is 7.07. The largest absolute Gasteiger partial charge is 0.101 e. The Hall–Kier alpha value is 1.59. The molecule has 0 N–H and O–H groups in total. The van der Waals surface area contributed by atoms with Crippen LogP contribution in [0.5, 0.6) is 0 Å². The minimum Gasteiger partial charge on any atom is -0.101 e. The molecule has 0 radical (unpaired) electrons. The van der Waals surface area contributed by atoms with Crippen molar-refractivity contribution in [1.82, 2.24) is 0 Å². The third-order valence-corrected chi connectivity index (χ3v) is 0. The molecule has 0 aliphatic heterocycles. The molecule has 0 fully saturated rings. The molecule has 0 nitrogen and oxygen atoms in total. The van der Waals surface area contributed by atoms with Crippen LogP contribution in [-0.2, 0) is 0 Å². The van der Waals surface area contributed by atoms with Gasteiger partial charge in [0.2, 0.25) is 0 Å². The minimum absolute atomic E-state index is 0.266. The Morgan fingerprint density at radius 1 is 2.00 bits per heavy atom. The SMILES string of the molecule is CP(P)I. The first-order valence-electron chi connectivity index (χ1n) is 0.874. The fraction of sp³-hybridized carbons (Fsp3) is 1.00. The van der Waals surface area contributed by atoms with Crippen LogP contribution in [-0.4, -0.2) is 6.66 Å². The molecule has 2 unspecified atom stereocenters. The molecule has 0 aromatic heterocycles. The van der Waals surface area contributed by atoms with E-state index in [2.05, 4.69) is 37.6 Å². The van der Waals surface area contributed by atoms with Crippen molar-refractivity contribution in [3.8, 4) is 0 Å². The second-order valence-corrected chi connectivity index (χ2v) is 11.6. The summed E-state index contributed by atoms with van der Waals surface area (Å²) in [5, 5.41) is 0.266. The smallest absolute Gasteiger partial charge is 0.0250 e. The average Bonchev–Trinajstić information content (AvgIpc) is 0.811. The van der Waals surface area contributed by atoms with Crippen molar-refractivity contribution in [1.29, 1.82) is 0 Å². The Morgan fingerprint density at radius 3 is 2.00 bits per heavy atom. The summed E-state index contributed by atoms with van der Waals surface area (Å²) in [6.07, 6.45) is 0. The summed E-state index contributed by atoms with van der Waals surface area (Å²) >= 11 is 2.37. The van der Waals surface area contributed by atoms with Crippen molar-refractivity contribution >= 4 is 36.2 Å². The predicted molar refractivity (Wildman–Crippen MR) is 36.6 cm³/mol. The molecule has 26 valence electrons. The van der Waals surface area contributed by atoms with Gasteiger partial charge in [-0.1, -0.05) is 0 Å². The van der Waals surface area contributed by atoms with Gasteiger partial charge in [0.05, 0.1) is 0 Å². The zero-order valence-corrected chi connectivity index (χ0v) is 6.61. The number of hydrogen-bond acceptors (Lipinski definition) is 0. The third-order valence-electron chi connectivity index (χ3n) is 0. The standard InChI is InChI=1S/CH5IP2/c1-4(2)3/h3H2,1H3. The maximum absolute atomic E-state index is 2.71. The zero-order chi connectivity index (χ0) is 3.58. The van der Waals surface area contributed by atoms with Crippen molar-refractivity contribution in [2.24, 2.45) is 0 Å². The van der Waals surface area contributed by atoms with Gasteiger partial charge in [0.15, 0.2) is 0 Å². The Morgan fingerprint density at radius 2 is 2.00 bits per heavy atom. The lowest BCUT2D eigenvalue weighted by atomic mass is 12.0. The molecule has 0 heterocycles. The van der Waals surface area contributed by atoms with Crippen LogP contribution >= 0.6 is 36.2 Å². The highest BCUT2D eigenvalue weighted by Crippen LogP contribution is 2.48. The second-order valence-electron chi connectivity index (χ2n) is 0.525. The topological polar surface area (TPSA) is 0 Å². The summed E-state index contributed by atoms with van der Waals surface area (Å²) in [4.78, 5) is 0. The van der Waals surface area contributed by atoms with Gasteiger partial charge in [0, 0.05) is 0 Å². The maximum atomic E-state index is 2.71. The summed E-state index contributed by atoms with van der Waals surface area (Å²) < 4.78 is 0. The Balaban J connectivity index is 2.32. The van der Waals surface area contributed by atoms with Crippen LogP contribution in [0.3, 0.4) is 0 Å². The maximum Gasteiger partial charge on any atom is -0.0250 e. The number of hydrogen-bond donors (Lipinski definition) is 0. The van der Waals surface area contributed by atoms with Gasteiger partial charge in [-0.05, 0) is 34.0 Å². The lowest BCUT2D eigenvalue weighted by Crippen LogP contribution is -1.16. The molecule has 0 amide bonds. The van der Waals surface area contributed by atoms with Gasteiger partial charge in [0.1, 0.15) is 0 Å². The monoisotopic (exact) mass is 206 g/mol. The quantitative estimate of drug-likeness (QED) is 0.421. The van der Waals surface area contributed by atoms with E-state index in [9.17, 15) is 0 Å². The van der Waals surface area contributed by atoms with E-state index in [4.69, 9.17) is 0 Å². The van der Waals surface area contributed by atoms with Gasteiger partial charge in [-0.2, -0.15) is 0 Å². The molecule has 4 heavy (non-hydrogen) atoms. The van der Waals surface area contributed by atoms with Crippen LogP contribution in [0.15, 0.2) is 0 Å². The number of halogens is 1. The highest BCUT2D eigenvalue weighted by Gasteiger charge is 1.69. The normalized spacial score (nSPS) is 15.8. The van der Waals surface area contributed by atoms with Crippen molar-refractivity contribution in [2.45, 2.75) is 0 Å². The van der Waals surface area contributed by atoms with E-state index in [0.717, 1.165) is 0 Å². The molecular formula is CH5IP2. The predicted octanol–water partition coefficient (Wildman–Crippen LogP) is 2.24.